The number of carboxylic acid groups (broad SMARTS) is 1. The number of nitrogens with one attached hydrogen (secondary N) is 2. The highest BCUT2D eigenvalue weighted by Gasteiger charge is 2.21. The summed E-state index contributed by atoms with van der Waals surface area (Å²) in [6.07, 6.45) is 0.573. The summed E-state index contributed by atoms with van der Waals surface area (Å²) in [5.41, 5.74) is 2.84. The molecular weight excluding hydrogens is 340 g/mol. The first-order valence-corrected chi connectivity index (χ1v) is 9.28. The maximum absolute atomic E-state index is 12.4. The quantitative estimate of drug-likeness (QED) is 0.629. The van der Waals surface area contributed by atoms with Gasteiger partial charge in [-0.3, -0.25) is 9.59 Å². The Balaban J connectivity index is 1.94. The summed E-state index contributed by atoms with van der Waals surface area (Å²) in [5.74, 6) is -0.748. The Hall–Kier alpha value is -2.66. The second-order valence-corrected chi connectivity index (χ2v) is 7.14. The highest BCUT2D eigenvalue weighted by atomic mass is 16.4. The van der Waals surface area contributed by atoms with Gasteiger partial charge in [-0.15, -0.1) is 0 Å². The average molecular weight is 368 g/mol. The van der Waals surface area contributed by atoms with E-state index in [0.29, 0.717) is 12.3 Å². The molecule has 0 aliphatic heterocycles. The number of aliphatic carboxylic acids is 1. The van der Waals surface area contributed by atoms with Gasteiger partial charge < -0.3 is 15.7 Å². The molecule has 1 unspecified atom stereocenters. The summed E-state index contributed by atoms with van der Waals surface area (Å²) in [6, 6.07) is 16.2. The SMILES string of the molecule is CC(CC(=O)Nc1ccccc1C(C)C)N[C@@H](Cc1ccccc1)C(=O)O. The van der Waals surface area contributed by atoms with Gasteiger partial charge in [0.25, 0.3) is 0 Å². The van der Waals surface area contributed by atoms with Gasteiger partial charge in [0.05, 0.1) is 0 Å². The normalized spacial score (nSPS) is 13.2. The first kappa shape index (κ1) is 20.6. The van der Waals surface area contributed by atoms with E-state index < -0.39 is 12.0 Å². The Labute approximate surface area is 160 Å². The minimum atomic E-state index is -0.920. The van der Waals surface area contributed by atoms with Crippen LogP contribution in [0.5, 0.6) is 0 Å². The van der Waals surface area contributed by atoms with E-state index in [1.165, 1.54) is 0 Å². The van der Waals surface area contributed by atoms with Crippen molar-refractivity contribution in [3.63, 3.8) is 0 Å². The molecule has 5 nitrogen and oxygen atoms in total. The van der Waals surface area contributed by atoms with Crippen LogP contribution in [-0.2, 0) is 16.0 Å². The summed E-state index contributed by atoms with van der Waals surface area (Å²) in [6.45, 7) is 5.99. The van der Waals surface area contributed by atoms with E-state index >= 15 is 0 Å². The summed E-state index contributed by atoms with van der Waals surface area (Å²) >= 11 is 0. The van der Waals surface area contributed by atoms with Gasteiger partial charge >= 0.3 is 5.97 Å². The molecule has 1 amide bonds. The Morgan fingerprint density at radius 1 is 0.963 bits per heavy atom. The molecule has 0 bridgehead atoms. The summed E-state index contributed by atoms with van der Waals surface area (Å²) < 4.78 is 0. The van der Waals surface area contributed by atoms with Crippen LogP contribution in [-0.4, -0.2) is 29.1 Å². The van der Waals surface area contributed by atoms with Crippen molar-refractivity contribution >= 4 is 17.6 Å². The van der Waals surface area contributed by atoms with Gasteiger partial charge in [-0.2, -0.15) is 0 Å². The molecule has 3 N–H and O–H groups in total. The second-order valence-electron chi connectivity index (χ2n) is 7.14. The van der Waals surface area contributed by atoms with Crippen LogP contribution < -0.4 is 10.6 Å². The molecular formula is C22H28N2O3. The molecule has 0 aliphatic carbocycles. The van der Waals surface area contributed by atoms with E-state index in [1.807, 2.05) is 61.5 Å². The lowest BCUT2D eigenvalue weighted by Gasteiger charge is -2.21. The van der Waals surface area contributed by atoms with Crippen LogP contribution in [0.2, 0.25) is 0 Å². The third-order valence-electron chi connectivity index (χ3n) is 4.41. The lowest BCUT2D eigenvalue weighted by atomic mass is 10.0. The number of para-hydroxylation sites is 1. The fourth-order valence-electron chi connectivity index (χ4n) is 3.06. The summed E-state index contributed by atoms with van der Waals surface area (Å²) in [4.78, 5) is 24.0. The molecule has 2 rings (SSSR count). The van der Waals surface area contributed by atoms with Gasteiger partial charge in [0.1, 0.15) is 6.04 Å². The van der Waals surface area contributed by atoms with Crippen LogP contribution in [0.25, 0.3) is 0 Å². The Kier molecular flexibility index (Phi) is 7.55. The standard InChI is InChI=1S/C22H28N2O3/c1-15(2)18-11-7-8-12-19(18)24-21(25)13-16(3)23-20(22(26)27)14-17-9-5-4-6-10-17/h4-12,15-16,20,23H,13-14H2,1-3H3,(H,24,25)(H,26,27)/t16?,20-/m0/s1. The van der Waals surface area contributed by atoms with E-state index in [4.69, 9.17) is 0 Å². The van der Waals surface area contributed by atoms with Crippen molar-refractivity contribution in [2.24, 2.45) is 0 Å². The fourth-order valence-corrected chi connectivity index (χ4v) is 3.06. The topological polar surface area (TPSA) is 78.4 Å². The van der Waals surface area contributed by atoms with Crippen molar-refractivity contribution in [2.45, 2.75) is 51.6 Å². The molecule has 0 fully saturated rings. The van der Waals surface area contributed by atoms with Gasteiger partial charge in [-0.25, -0.2) is 0 Å². The van der Waals surface area contributed by atoms with Crippen LogP contribution in [0.1, 0.15) is 44.2 Å². The van der Waals surface area contributed by atoms with Crippen LogP contribution in [0.4, 0.5) is 5.69 Å². The number of hydrogen-bond acceptors (Lipinski definition) is 3. The smallest absolute Gasteiger partial charge is 0.321 e. The summed E-state index contributed by atoms with van der Waals surface area (Å²) in [7, 11) is 0. The van der Waals surface area contributed by atoms with E-state index in [9.17, 15) is 14.7 Å². The highest BCUT2D eigenvalue weighted by molar-refractivity contribution is 5.92. The molecule has 27 heavy (non-hydrogen) atoms. The molecule has 0 heterocycles. The van der Waals surface area contributed by atoms with Crippen molar-refractivity contribution in [1.82, 2.24) is 5.32 Å². The first-order valence-electron chi connectivity index (χ1n) is 9.28. The largest absolute Gasteiger partial charge is 0.480 e. The number of benzene rings is 2. The summed E-state index contributed by atoms with van der Waals surface area (Å²) in [5, 5.41) is 15.5. The van der Waals surface area contributed by atoms with E-state index in [2.05, 4.69) is 24.5 Å². The lowest BCUT2D eigenvalue weighted by Crippen LogP contribution is -2.44. The lowest BCUT2D eigenvalue weighted by molar-refractivity contribution is -0.139. The molecule has 0 saturated heterocycles. The van der Waals surface area contributed by atoms with Gasteiger partial charge in [0.2, 0.25) is 5.91 Å². The predicted molar refractivity (Wildman–Crippen MR) is 108 cm³/mol. The molecule has 144 valence electrons. The van der Waals surface area contributed by atoms with Gasteiger partial charge in [-0.05, 0) is 36.5 Å². The Bertz CT molecular complexity index is 759. The van der Waals surface area contributed by atoms with Crippen LogP contribution in [0, 0.1) is 0 Å². The van der Waals surface area contributed by atoms with Crippen molar-refractivity contribution in [3.8, 4) is 0 Å². The maximum atomic E-state index is 12.4. The minimum Gasteiger partial charge on any atom is -0.480 e. The molecule has 2 aromatic rings. The number of carboxylic acids is 1. The van der Waals surface area contributed by atoms with Crippen molar-refractivity contribution in [1.29, 1.82) is 0 Å². The predicted octanol–water partition coefficient (Wildman–Crippen LogP) is 3.81. The number of carbonyl (C=O) groups is 2. The zero-order chi connectivity index (χ0) is 19.8. The third kappa shape index (κ3) is 6.53. The van der Waals surface area contributed by atoms with Crippen molar-refractivity contribution in [2.75, 3.05) is 5.32 Å². The number of rotatable bonds is 9. The van der Waals surface area contributed by atoms with Gasteiger partial charge in [-0.1, -0.05) is 62.4 Å². The minimum absolute atomic E-state index is 0.132. The Morgan fingerprint density at radius 2 is 1.59 bits per heavy atom. The molecule has 0 saturated carbocycles. The number of anilines is 1. The van der Waals surface area contributed by atoms with Crippen LogP contribution in [0.3, 0.4) is 0 Å². The number of carbonyl (C=O) groups excluding carboxylic acids is 1. The average Bonchev–Trinajstić information content (AvgIpc) is 2.62. The molecule has 5 heteroatoms. The first-order chi connectivity index (χ1) is 12.9. The molecule has 0 aliphatic rings. The van der Waals surface area contributed by atoms with E-state index in [-0.39, 0.29) is 18.4 Å². The third-order valence-corrected chi connectivity index (χ3v) is 4.41. The molecule has 2 atom stereocenters. The monoisotopic (exact) mass is 368 g/mol. The zero-order valence-corrected chi connectivity index (χ0v) is 16.1. The molecule has 0 spiro atoms. The highest BCUT2D eigenvalue weighted by Crippen LogP contribution is 2.23. The number of hydrogen-bond donors (Lipinski definition) is 3. The van der Waals surface area contributed by atoms with Crippen molar-refractivity contribution < 1.29 is 14.7 Å². The van der Waals surface area contributed by atoms with Crippen LogP contribution >= 0.6 is 0 Å². The van der Waals surface area contributed by atoms with Crippen molar-refractivity contribution in [3.05, 3.63) is 65.7 Å². The fraction of sp³-hybridized carbons (Fsp3) is 0.364. The maximum Gasteiger partial charge on any atom is 0.321 e. The van der Waals surface area contributed by atoms with Crippen LogP contribution in [0.15, 0.2) is 54.6 Å². The second kappa shape index (κ2) is 9.88. The Morgan fingerprint density at radius 3 is 2.22 bits per heavy atom. The van der Waals surface area contributed by atoms with E-state index in [0.717, 1.165) is 16.8 Å². The van der Waals surface area contributed by atoms with Gasteiger partial charge in [0.15, 0.2) is 0 Å². The molecule has 0 aromatic heterocycles. The molecule has 0 radical (unpaired) electrons. The molecule has 2 aromatic carbocycles. The van der Waals surface area contributed by atoms with E-state index in [1.54, 1.807) is 0 Å². The zero-order valence-electron chi connectivity index (χ0n) is 16.1. The number of amides is 1. The van der Waals surface area contributed by atoms with Gasteiger partial charge in [0, 0.05) is 18.2 Å².